The first-order valence-corrected chi connectivity index (χ1v) is 9.83. The smallest absolute Gasteiger partial charge is 0.255 e. The van der Waals surface area contributed by atoms with Crippen molar-refractivity contribution in [3.05, 3.63) is 57.8 Å². The number of nitrogens with one attached hydrogen (secondary N) is 1. The van der Waals surface area contributed by atoms with E-state index >= 15 is 0 Å². The fourth-order valence-corrected chi connectivity index (χ4v) is 4.52. The molecule has 6 heteroatoms. The topological polar surface area (TPSA) is 61.9 Å². The molecule has 1 fully saturated rings. The summed E-state index contributed by atoms with van der Waals surface area (Å²) in [7, 11) is 0. The van der Waals surface area contributed by atoms with Crippen LogP contribution in [0.5, 0.6) is 0 Å². The van der Waals surface area contributed by atoms with E-state index in [1.807, 2.05) is 35.4 Å². The van der Waals surface area contributed by atoms with E-state index in [2.05, 4.69) is 34.2 Å². The van der Waals surface area contributed by atoms with Crippen molar-refractivity contribution in [3.63, 3.8) is 0 Å². The number of rotatable bonds is 3. The zero-order valence-electron chi connectivity index (χ0n) is 15.0. The van der Waals surface area contributed by atoms with Crippen molar-refractivity contribution in [2.75, 3.05) is 13.1 Å². The van der Waals surface area contributed by atoms with Gasteiger partial charge in [0, 0.05) is 34.8 Å². The SMILES string of the molecule is Cc1nc([C@H]2CCCN(C(=O)c3csc(C)c3-c3ccccc3)C2)n[nH]1. The molecule has 1 amide bonds. The highest BCUT2D eigenvalue weighted by Gasteiger charge is 2.29. The van der Waals surface area contributed by atoms with Crippen LogP contribution >= 0.6 is 11.3 Å². The number of aryl methyl sites for hydroxylation is 2. The molecular weight excluding hydrogens is 344 g/mol. The monoisotopic (exact) mass is 366 g/mol. The molecule has 5 nitrogen and oxygen atoms in total. The lowest BCUT2D eigenvalue weighted by molar-refractivity contribution is 0.0706. The maximum atomic E-state index is 13.3. The second-order valence-corrected chi connectivity index (χ2v) is 7.90. The van der Waals surface area contributed by atoms with Gasteiger partial charge in [0.1, 0.15) is 5.82 Å². The minimum Gasteiger partial charge on any atom is -0.338 e. The highest BCUT2D eigenvalue weighted by atomic mass is 32.1. The number of carbonyl (C=O) groups is 1. The molecule has 1 aliphatic rings. The molecule has 3 aromatic rings. The number of carbonyl (C=O) groups excluding carboxylic acids is 1. The fourth-order valence-electron chi connectivity index (χ4n) is 3.66. The van der Waals surface area contributed by atoms with Gasteiger partial charge in [-0.2, -0.15) is 5.10 Å². The Kier molecular flexibility index (Phi) is 4.59. The minimum absolute atomic E-state index is 0.116. The summed E-state index contributed by atoms with van der Waals surface area (Å²) in [5.74, 6) is 1.97. The standard InChI is InChI=1S/C20H22N4OS/c1-13-18(15-7-4-3-5-8-15)17(12-26-13)20(25)24-10-6-9-16(11-24)19-21-14(2)22-23-19/h3-5,7-8,12,16H,6,9-11H2,1-2H3,(H,21,22,23)/t16-/m0/s1. The predicted octanol–water partition coefficient (Wildman–Crippen LogP) is 4.17. The summed E-state index contributed by atoms with van der Waals surface area (Å²) in [6.07, 6.45) is 2.00. The molecule has 134 valence electrons. The van der Waals surface area contributed by atoms with E-state index in [0.717, 1.165) is 47.7 Å². The number of hydrogen-bond acceptors (Lipinski definition) is 4. The minimum atomic E-state index is 0.116. The van der Waals surface area contributed by atoms with Crippen molar-refractivity contribution >= 4 is 17.2 Å². The van der Waals surface area contributed by atoms with Crippen LogP contribution in [0.1, 0.15) is 45.6 Å². The number of piperidine rings is 1. The Morgan fingerprint density at radius 1 is 1.27 bits per heavy atom. The van der Waals surface area contributed by atoms with Gasteiger partial charge in [-0.05, 0) is 32.3 Å². The number of likely N-dealkylation sites (tertiary alicyclic amines) is 1. The van der Waals surface area contributed by atoms with Crippen molar-refractivity contribution in [1.29, 1.82) is 0 Å². The molecule has 1 aliphatic heterocycles. The molecule has 0 unspecified atom stereocenters. The van der Waals surface area contributed by atoms with Crippen molar-refractivity contribution in [2.24, 2.45) is 0 Å². The van der Waals surface area contributed by atoms with Crippen LogP contribution in [0.3, 0.4) is 0 Å². The van der Waals surface area contributed by atoms with Gasteiger partial charge in [0.15, 0.2) is 5.82 Å². The number of amides is 1. The maximum absolute atomic E-state index is 13.3. The van der Waals surface area contributed by atoms with E-state index in [0.29, 0.717) is 6.54 Å². The molecule has 1 aromatic carbocycles. The second kappa shape index (κ2) is 7.03. The fraction of sp³-hybridized carbons (Fsp3) is 0.350. The molecule has 0 bridgehead atoms. The Morgan fingerprint density at radius 3 is 2.81 bits per heavy atom. The molecule has 0 saturated carbocycles. The zero-order valence-corrected chi connectivity index (χ0v) is 15.8. The number of H-pyrrole nitrogens is 1. The van der Waals surface area contributed by atoms with Crippen molar-refractivity contribution in [1.82, 2.24) is 20.1 Å². The summed E-state index contributed by atoms with van der Waals surface area (Å²) in [6.45, 7) is 5.46. The lowest BCUT2D eigenvalue weighted by Gasteiger charge is -2.31. The third-order valence-electron chi connectivity index (χ3n) is 4.96. The number of nitrogens with zero attached hydrogens (tertiary/aromatic N) is 3. The van der Waals surface area contributed by atoms with Gasteiger partial charge < -0.3 is 4.90 Å². The summed E-state index contributed by atoms with van der Waals surface area (Å²) in [5.41, 5.74) is 2.98. The van der Waals surface area contributed by atoms with Crippen LogP contribution in [-0.2, 0) is 0 Å². The molecule has 2 aromatic heterocycles. The Hall–Kier alpha value is -2.47. The summed E-state index contributed by atoms with van der Waals surface area (Å²) in [5, 5.41) is 9.22. The first-order chi connectivity index (χ1) is 12.6. The first kappa shape index (κ1) is 17.0. The van der Waals surface area contributed by atoms with Gasteiger partial charge in [0.25, 0.3) is 5.91 Å². The molecule has 4 rings (SSSR count). The van der Waals surface area contributed by atoms with Crippen LogP contribution < -0.4 is 0 Å². The summed E-state index contributed by atoms with van der Waals surface area (Å²) >= 11 is 1.64. The van der Waals surface area contributed by atoms with Gasteiger partial charge >= 0.3 is 0 Å². The molecule has 0 spiro atoms. The van der Waals surface area contributed by atoms with Gasteiger partial charge in [-0.15, -0.1) is 11.3 Å². The molecule has 0 radical (unpaired) electrons. The van der Waals surface area contributed by atoms with Crippen LogP contribution in [0.25, 0.3) is 11.1 Å². The number of hydrogen-bond donors (Lipinski definition) is 1. The van der Waals surface area contributed by atoms with Gasteiger partial charge in [-0.25, -0.2) is 4.98 Å². The number of thiophene rings is 1. The number of aromatic nitrogens is 3. The maximum Gasteiger partial charge on any atom is 0.255 e. The third-order valence-corrected chi connectivity index (χ3v) is 5.87. The summed E-state index contributed by atoms with van der Waals surface area (Å²) < 4.78 is 0. The van der Waals surface area contributed by atoms with Crippen molar-refractivity contribution < 1.29 is 4.79 Å². The van der Waals surface area contributed by atoms with Crippen molar-refractivity contribution in [2.45, 2.75) is 32.6 Å². The highest BCUT2D eigenvalue weighted by molar-refractivity contribution is 7.10. The van der Waals surface area contributed by atoms with Gasteiger partial charge in [-0.3, -0.25) is 9.89 Å². The highest BCUT2D eigenvalue weighted by Crippen LogP contribution is 2.34. The Balaban J connectivity index is 1.60. The molecule has 1 atom stereocenters. The summed E-state index contributed by atoms with van der Waals surface area (Å²) in [6, 6.07) is 10.2. The first-order valence-electron chi connectivity index (χ1n) is 8.95. The third kappa shape index (κ3) is 3.17. The molecule has 1 N–H and O–H groups in total. The molecular formula is C20H22N4OS. The number of benzene rings is 1. The van der Waals surface area contributed by atoms with E-state index in [4.69, 9.17) is 0 Å². The average molecular weight is 366 g/mol. The van der Waals surface area contributed by atoms with Crippen LogP contribution in [0, 0.1) is 13.8 Å². The van der Waals surface area contributed by atoms with Gasteiger partial charge in [0.2, 0.25) is 0 Å². The van der Waals surface area contributed by atoms with Crippen LogP contribution in [-0.4, -0.2) is 39.1 Å². The van der Waals surface area contributed by atoms with E-state index in [1.165, 1.54) is 4.88 Å². The van der Waals surface area contributed by atoms with E-state index in [1.54, 1.807) is 11.3 Å². The van der Waals surface area contributed by atoms with Gasteiger partial charge in [-0.1, -0.05) is 30.3 Å². The zero-order chi connectivity index (χ0) is 18.1. The average Bonchev–Trinajstić information content (AvgIpc) is 3.28. The lowest BCUT2D eigenvalue weighted by Crippen LogP contribution is -2.39. The van der Waals surface area contributed by atoms with E-state index in [-0.39, 0.29) is 11.8 Å². The van der Waals surface area contributed by atoms with Crippen LogP contribution in [0.4, 0.5) is 0 Å². The largest absolute Gasteiger partial charge is 0.338 e. The lowest BCUT2D eigenvalue weighted by atomic mass is 9.95. The quantitative estimate of drug-likeness (QED) is 0.757. The molecule has 26 heavy (non-hydrogen) atoms. The normalized spacial score (nSPS) is 17.5. The van der Waals surface area contributed by atoms with E-state index < -0.39 is 0 Å². The number of aromatic amines is 1. The Morgan fingerprint density at radius 2 is 2.08 bits per heavy atom. The molecule has 1 saturated heterocycles. The van der Waals surface area contributed by atoms with E-state index in [9.17, 15) is 4.79 Å². The van der Waals surface area contributed by atoms with Gasteiger partial charge in [0.05, 0.1) is 5.56 Å². The van der Waals surface area contributed by atoms with Crippen LogP contribution in [0.15, 0.2) is 35.7 Å². The molecule has 0 aliphatic carbocycles. The van der Waals surface area contributed by atoms with Crippen LogP contribution in [0.2, 0.25) is 0 Å². The molecule has 3 heterocycles. The Labute approximate surface area is 157 Å². The Bertz CT molecular complexity index is 915. The predicted molar refractivity (Wildman–Crippen MR) is 103 cm³/mol. The second-order valence-electron chi connectivity index (χ2n) is 6.82. The summed E-state index contributed by atoms with van der Waals surface area (Å²) in [4.78, 5) is 20.9. The van der Waals surface area contributed by atoms with Crippen molar-refractivity contribution in [3.8, 4) is 11.1 Å².